The number of hydrogen-bond acceptors (Lipinski definition) is 3. The van der Waals surface area contributed by atoms with E-state index in [1.54, 1.807) is 6.07 Å². The highest BCUT2D eigenvalue weighted by atomic mass is 19.1. The molecule has 0 bridgehead atoms. The maximum atomic E-state index is 13.6. The molecule has 0 saturated carbocycles. The molecule has 100 valence electrons. The Morgan fingerprint density at radius 1 is 1.22 bits per heavy atom. The second-order valence-electron chi connectivity index (χ2n) is 4.68. The molecular weight excluding hydrogens is 231 g/mol. The quantitative estimate of drug-likeness (QED) is 0.840. The Morgan fingerprint density at radius 3 is 2.50 bits per heavy atom. The van der Waals surface area contributed by atoms with Crippen LogP contribution in [0.5, 0.6) is 5.75 Å². The zero-order chi connectivity index (χ0) is 13.0. The topological polar surface area (TPSA) is 38.5 Å². The summed E-state index contributed by atoms with van der Waals surface area (Å²) in [5, 5.41) is 0. The fraction of sp³-hybridized carbons (Fsp3) is 0.571. The van der Waals surface area contributed by atoms with E-state index in [0.717, 1.165) is 18.8 Å². The maximum Gasteiger partial charge on any atom is 0.167 e. The molecule has 2 rings (SSSR count). The van der Waals surface area contributed by atoms with E-state index < -0.39 is 0 Å². The molecule has 2 N–H and O–H groups in total. The van der Waals surface area contributed by atoms with Crippen LogP contribution < -0.4 is 15.4 Å². The molecule has 1 aliphatic heterocycles. The van der Waals surface area contributed by atoms with E-state index in [1.807, 2.05) is 6.92 Å². The zero-order valence-corrected chi connectivity index (χ0v) is 10.9. The van der Waals surface area contributed by atoms with Gasteiger partial charge in [-0.15, -0.1) is 0 Å². The number of hydrogen-bond donors (Lipinski definition) is 1. The predicted molar refractivity (Wildman–Crippen MR) is 72.7 cm³/mol. The van der Waals surface area contributed by atoms with Crippen LogP contribution in [0.1, 0.15) is 32.6 Å². The summed E-state index contributed by atoms with van der Waals surface area (Å²) in [6.45, 7) is 4.28. The molecule has 0 amide bonds. The maximum absolute atomic E-state index is 13.6. The zero-order valence-electron chi connectivity index (χ0n) is 10.9. The van der Waals surface area contributed by atoms with Crippen molar-refractivity contribution in [2.45, 2.75) is 32.6 Å². The first-order chi connectivity index (χ1) is 8.72. The molecule has 1 aromatic carbocycles. The normalized spacial score (nSPS) is 16.4. The lowest BCUT2D eigenvalue weighted by Gasteiger charge is -2.25. The fourth-order valence-electron chi connectivity index (χ4n) is 2.41. The van der Waals surface area contributed by atoms with Gasteiger partial charge >= 0.3 is 0 Å². The van der Waals surface area contributed by atoms with Crippen LogP contribution in [0, 0.1) is 5.82 Å². The predicted octanol–water partition coefficient (Wildman–Crippen LogP) is 3.19. The number of ether oxygens (including phenoxy) is 1. The molecule has 18 heavy (non-hydrogen) atoms. The monoisotopic (exact) mass is 252 g/mol. The Morgan fingerprint density at radius 2 is 1.89 bits per heavy atom. The van der Waals surface area contributed by atoms with Gasteiger partial charge in [-0.3, -0.25) is 0 Å². The Kier molecular flexibility index (Phi) is 4.28. The lowest BCUT2D eigenvalue weighted by Crippen LogP contribution is -2.25. The van der Waals surface area contributed by atoms with Gasteiger partial charge in [0, 0.05) is 25.2 Å². The summed E-state index contributed by atoms with van der Waals surface area (Å²) >= 11 is 0. The third-order valence-electron chi connectivity index (χ3n) is 3.33. The van der Waals surface area contributed by atoms with Crippen molar-refractivity contribution in [1.82, 2.24) is 0 Å². The molecule has 0 aromatic heterocycles. The first-order valence-electron chi connectivity index (χ1n) is 6.69. The van der Waals surface area contributed by atoms with E-state index in [-0.39, 0.29) is 5.82 Å². The van der Waals surface area contributed by atoms with Gasteiger partial charge in [-0.25, -0.2) is 4.39 Å². The summed E-state index contributed by atoms with van der Waals surface area (Å²) in [4.78, 5) is 2.24. The van der Waals surface area contributed by atoms with E-state index in [0.29, 0.717) is 18.0 Å². The van der Waals surface area contributed by atoms with Crippen LogP contribution >= 0.6 is 0 Å². The summed E-state index contributed by atoms with van der Waals surface area (Å²) in [6.07, 6.45) is 4.85. The van der Waals surface area contributed by atoms with E-state index in [1.165, 1.54) is 31.7 Å². The molecule has 1 fully saturated rings. The Labute approximate surface area is 108 Å². The molecule has 1 saturated heterocycles. The Hall–Kier alpha value is -1.45. The van der Waals surface area contributed by atoms with Crippen LogP contribution in [0.3, 0.4) is 0 Å². The number of anilines is 2. The van der Waals surface area contributed by atoms with Crippen molar-refractivity contribution in [3.63, 3.8) is 0 Å². The molecule has 0 unspecified atom stereocenters. The van der Waals surface area contributed by atoms with Gasteiger partial charge in [-0.1, -0.05) is 12.8 Å². The Bertz CT molecular complexity index is 401. The molecule has 0 radical (unpaired) electrons. The molecular formula is C14H21FN2O. The van der Waals surface area contributed by atoms with Gasteiger partial charge in [0.1, 0.15) is 0 Å². The van der Waals surface area contributed by atoms with Crippen molar-refractivity contribution >= 4 is 11.4 Å². The van der Waals surface area contributed by atoms with Crippen molar-refractivity contribution < 1.29 is 9.13 Å². The average molecular weight is 252 g/mol. The number of benzene rings is 1. The van der Waals surface area contributed by atoms with Gasteiger partial charge in [0.05, 0.1) is 18.0 Å². The number of nitrogen functional groups attached to an aromatic ring is 1. The molecule has 3 nitrogen and oxygen atoms in total. The van der Waals surface area contributed by atoms with Crippen molar-refractivity contribution in [1.29, 1.82) is 0 Å². The molecule has 0 spiro atoms. The molecule has 1 heterocycles. The number of nitrogens with zero attached hydrogens (tertiary/aromatic N) is 1. The van der Waals surface area contributed by atoms with Gasteiger partial charge in [0.15, 0.2) is 11.6 Å². The molecule has 4 heteroatoms. The van der Waals surface area contributed by atoms with Crippen molar-refractivity contribution in [3.05, 3.63) is 17.9 Å². The van der Waals surface area contributed by atoms with Crippen molar-refractivity contribution in [2.24, 2.45) is 0 Å². The summed E-state index contributed by atoms with van der Waals surface area (Å²) in [6, 6.07) is 3.10. The largest absolute Gasteiger partial charge is 0.491 e. The lowest BCUT2D eigenvalue weighted by molar-refractivity contribution is 0.321. The summed E-state index contributed by atoms with van der Waals surface area (Å²) < 4.78 is 18.9. The van der Waals surface area contributed by atoms with Crippen molar-refractivity contribution in [2.75, 3.05) is 30.3 Å². The van der Waals surface area contributed by atoms with Crippen LogP contribution in [0.15, 0.2) is 12.1 Å². The lowest BCUT2D eigenvalue weighted by atomic mass is 10.2. The number of nitrogens with two attached hydrogens (primary N) is 1. The average Bonchev–Trinajstić information content (AvgIpc) is 2.61. The SMILES string of the molecule is CCOc1cc(N2CCCCCC2)c(N)cc1F. The van der Waals surface area contributed by atoms with Gasteiger partial charge in [-0.2, -0.15) is 0 Å². The third kappa shape index (κ3) is 2.86. The molecule has 1 aliphatic rings. The van der Waals surface area contributed by atoms with Gasteiger partial charge in [0.2, 0.25) is 0 Å². The van der Waals surface area contributed by atoms with Crippen LogP contribution in [-0.2, 0) is 0 Å². The molecule has 0 aliphatic carbocycles. The number of halogens is 1. The standard InChI is InChI=1S/C14H21FN2O/c1-2-18-14-10-13(12(16)9-11(14)15)17-7-5-3-4-6-8-17/h9-10H,2-8,16H2,1H3. The fourth-order valence-corrected chi connectivity index (χ4v) is 2.41. The second kappa shape index (κ2) is 5.94. The second-order valence-corrected chi connectivity index (χ2v) is 4.68. The van der Waals surface area contributed by atoms with Gasteiger partial charge in [-0.05, 0) is 19.8 Å². The van der Waals surface area contributed by atoms with Crippen LogP contribution in [0.25, 0.3) is 0 Å². The highest BCUT2D eigenvalue weighted by Gasteiger charge is 2.16. The van der Waals surface area contributed by atoms with E-state index >= 15 is 0 Å². The highest BCUT2D eigenvalue weighted by molar-refractivity contribution is 5.70. The summed E-state index contributed by atoms with van der Waals surface area (Å²) in [5.41, 5.74) is 7.33. The first kappa shape index (κ1) is 13.0. The summed E-state index contributed by atoms with van der Waals surface area (Å²) in [7, 11) is 0. The van der Waals surface area contributed by atoms with Crippen LogP contribution in [0.4, 0.5) is 15.8 Å². The van der Waals surface area contributed by atoms with Crippen molar-refractivity contribution in [3.8, 4) is 5.75 Å². The van der Waals surface area contributed by atoms with Gasteiger partial charge in [0.25, 0.3) is 0 Å². The minimum atomic E-state index is -0.382. The first-order valence-corrected chi connectivity index (χ1v) is 6.69. The van der Waals surface area contributed by atoms with E-state index in [2.05, 4.69) is 4.90 Å². The highest BCUT2D eigenvalue weighted by Crippen LogP contribution is 2.32. The number of rotatable bonds is 3. The minimum Gasteiger partial charge on any atom is -0.491 e. The smallest absolute Gasteiger partial charge is 0.167 e. The Balaban J connectivity index is 2.27. The van der Waals surface area contributed by atoms with Gasteiger partial charge < -0.3 is 15.4 Å². The van der Waals surface area contributed by atoms with Crippen LogP contribution in [-0.4, -0.2) is 19.7 Å². The summed E-state index contributed by atoms with van der Waals surface area (Å²) in [5.74, 6) is -0.0844. The molecule has 0 atom stereocenters. The minimum absolute atomic E-state index is 0.297. The third-order valence-corrected chi connectivity index (χ3v) is 3.33. The van der Waals surface area contributed by atoms with E-state index in [4.69, 9.17) is 10.5 Å². The van der Waals surface area contributed by atoms with Crippen LogP contribution in [0.2, 0.25) is 0 Å². The molecule has 1 aromatic rings. The van der Waals surface area contributed by atoms with E-state index in [9.17, 15) is 4.39 Å².